The highest BCUT2D eigenvalue weighted by molar-refractivity contribution is 5.27. The molecule has 0 aliphatic carbocycles. The smallest absolute Gasteiger partial charge is 0.0657 e. The second kappa shape index (κ2) is 7.46. The molecule has 2 heteroatoms. The van der Waals surface area contributed by atoms with E-state index >= 15 is 0 Å². The summed E-state index contributed by atoms with van der Waals surface area (Å²) < 4.78 is 5.27. The second-order valence-corrected chi connectivity index (χ2v) is 4.78. The van der Waals surface area contributed by atoms with Crippen molar-refractivity contribution in [2.75, 3.05) is 20.3 Å². The lowest BCUT2D eigenvalue weighted by Gasteiger charge is -2.18. The topological polar surface area (TPSA) is 21.3 Å². The van der Waals surface area contributed by atoms with Gasteiger partial charge in [0.1, 0.15) is 0 Å². The van der Waals surface area contributed by atoms with Crippen LogP contribution in [0.2, 0.25) is 0 Å². The third kappa shape index (κ3) is 4.49. The molecule has 0 saturated carbocycles. The average Bonchev–Trinajstić information content (AvgIpc) is 2.34. The van der Waals surface area contributed by atoms with Crippen molar-refractivity contribution in [1.82, 2.24) is 5.32 Å². The summed E-state index contributed by atoms with van der Waals surface area (Å²) >= 11 is 0. The van der Waals surface area contributed by atoms with Crippen LogP contribution in [-0.2, 0) is 4.74 Å². The van der Waals surface area contributed by atoms with E-state index in [0.29, 0.717) is 12.0 Å². The predicted molar refractivity (Wildman–Crippen MR) is 73.4 cm³/mol. The molecule has 1 unspecified atom stereocenters. The lowest BCUT2D eigenvalue weighted by Crippen LogP contribution is -2.25. The number of methoxy groups -OCH3 is 1. The van der Waals surface area contributed by atoms with Gasteiger partial charge in [-0.1, -0.05) is 45.0 Å². The maximum atomic E-state index is 5.27. The molecular formula is C15H25NO. The van der Waals surface area contributed by atoms with E-state index in [1.807, 2.05) is 0 Å². The minimum Gasteiger partial charge on any atom is -0.383 e. The lowest BCUT2D eigenvalue weighted by molar-refractivity contribution is 0.167. The van der Waals surface area contributed by atoms with Gasteiger partial charge in [0, 0.05) is 7.11 Å². The average molecular weight is 235 g/mol. The van der Waals surface area contributed by atoms with Crippen molar-refractivity contribution in [3.8, 4) is 0 Å². The molecule has 0 aromatic heterocycles. The fourth-order valence-corrected chi connectivity index (χ4v) is 1.87. The Bertz CT molecular complexity index is 305. The van der Waals surface area contributed by atoms with Crippen LogP contribution in [0.3, 0.4) is 0 Å². The van der Waals surface area contributed by atoms with Gasteiger partial charge in [-0.05, 0) is 30.0 Å². The summed E-state index contributed by atoms with van der Waals surface area (Å²) in [5.41, 5.74) is 2.70. The van der Waals surface area contributed by atoms with E-state index in [-0.39, 0.29) is 0 Å². The Labute approximate surface area is 105 Å². The van der Waals surface area contributed by atoms with Gasteiger partial charge >= 0.3 is 0 Å². The molecule has 0 amide bonds. The van der Waals surface area contributed by atoms with Crippen LogP contribution in [0.4, 0.5) is 0 Å². The van der Waals surface area contributed by atoms with Crippen LogP contribution in [-0.4, -0.2) is 20.3 Å². The second-order valence-electron chi connectivity index (χ2n) is 4.78. The molecule has 96 valence electrons. The number of rotatable bonds is 7. The van der Waals surface area contributed by atoms with Gasteiger partial charge in [-0.25, -0.2) is 0 Å². The first-order valence-corrected chi connectivity index (χ1v) is 6.51. The van der Waals surface area contributed by atoms with Crippen molar-refractivity contribution in [2.24, 2.45) is 0 Å². The Morgan fingerprint density at radius 2 is 1.71 bits per heavy atom. The minimum atomic E-state index is 0.307. The normalized spacial score (nSPS) is 13.0. The van der Waals surface area contributed by atoms with Crippen molar-refractivity contribution in [3.05, 3.63) is 35.4 Å². The highest BCUT2D eigenvalue weighted by atomic mass is 16.5. The molecule has 0 aliphatic rings. The van der Waals surface area contributed by atoms with E-state index in [0.717, 1.165) is 19.6 Å². The van der Waals surface area contributed by atoms with Crippen molar-refractivity contribution in [1.29, 1.82) is 0 Å². The Hall–Kier alpha value is -0.860. The standard InChI is InChI=1S/C15H25NO/c1-5-10-16-15(11-17-4)14-8-6-13(7-9-14)12(2)3/h6-9,12,15-16H,5,10-11H2,1-4H3. The molecule has 1 aromatic rings. The molecule has 0 heterocycles. The first-order valence-electron chi connectivity index (χ1n) is 6.51. The third-order valence-electron chi connectivity index (χ3n) is 2.98. The van der Waals surface area contributed by atoms with E-state index in [1.165, 1.54) is 11.1 Å². The Morgan fingerprint density at radius 3 is 2.18 bits per heavy atom. The maximum absolute atomic E-state index is 5.27. The minimum absolute atomic E-state index is 0.307. The monoisotopic (exact) mass is 235 g/mol. The van der Waals surface area contributed by atoms with E-state index in [9.17, 15) is 0 Å². The number of hydrogen-bond donors (Lipinski definition) is 1. The van der Waals surface area contributed by atoms with Crippen LogP contribution in [0.25, 0.3) is 0 Å². The molecule has 1 atom stereocenters. The summed E-state index contributed by atoms with van der Waals surface area (Å²) in [5, 5.41) is 3.51. The van der Waals surface area contributed by atoms with Gasteiger partial charge in [0.05, 0.1) is 12.6 Å². The summed E-state index contributed by atoms with van der Waals surface area (Å²) in [5.74, 6) is 0.591. The van der Waals surface area contributed by atoms with E-state index in [2.05, 4.69) is 50.4 Å². The highest BCUT2D eigenvalue weighted by Gasteiger charge is 2.10. The van der Waals surface area contributed by atoms with Crippen LogP contribution >= 0.6 is 0 Å². The van der Waals surface area contributed by atoms with Gasteiger partial charge < -0.3 is 10.1 Å². The summed E-state index contributed by atoms with van der Waals surface area (Å²) in [6, 6.07) is 9.16. The van der Waals surface area contributed by atoms with Gasteiger partial charge in [0.2, 0.25) is 0 Å². The third-order valence-corrected chi connectivity index (χ3v) is 2.98. The zero-order chi connectivity index (χ0) is 12.7. The summed E-state index contributed by atoms with van der Waals surface area (Å²) in [4.78, 5) is 0. The van der Waals surface area contributed by atoms with Crippen molar-refractivity contribution in [3.63, 3.8) is 0 Å². The Balaban J connectivity index is 2.72. The van der Waals surface area contributed by atoms with Gasteiger partial charge in [0.25, 0.3) is 0 Å². The Kier molecular flexibility index (Phi) is 6.23. The highest BCUT2D eigenvalue weighted by Crippen LogP contribution is 2.19. The number of hydrogen-bond acceptors (Lipinski definition) is 2. The largest absolute Gasteiger partial charge is 0.383 e. The van der Waals surface area contributed by atoms with Crippen molar-refractivity contribution < 1.29 is 4.74 Å². The summed E-state index contributed by atoms with van der Waals surface area (Å²) in [6.45, 7) is 8.37. The molecule has 1 aromatic carbocycles. The fraction of sp³-hybridized carbons (Fsp3) is 0.600. The SMILES string of the molecule is CCCNC(COC)c1ccc(C(C)C)cc1. The van der Waals surface area contributed by atoms with Gasteiger partial charge in [-0.15, -0.1) is 0 Å². The number of nitrogens with one attached hydrogen (secondary N) is 1. The molecule has 1 rings (SSSR count). The Morgan fingerprint density at radius 1 is 1.12 bits per heavy atom. The van der Waals surface area contributed by atoms with Gasteiger partial charge in [0.15, 0.2) is 0 Å². The molecule has 2 nitrogen and oxygen atoms in total. The zero-order valence-corrected chi connectivity index (χ0v) is 11.5. The fourth-order valence-electron chi connectivity index (χ4n) is 1.87. The molecule has 0 spiro atoms. The first kappa shape index (κ1) is 14.2. The molecule has 17 heavy (non-hydrogen) atoms. The van der Waals surface area contributed by atoms with Crippen LogP contribution in [0.15, 0.2) is 24.3 Å². The van der Waals surface area contributed by atoms with E-state index in [4.69, 9.17) is 4.74 Å². The van der Waals surface area contributed by atoms with Crippen molar-refractivity contribution in [2.45, 2.75) is 39.2 Å². The molecule has 0 saturated heterocycles. The molecular weight excluding hydrogens is 210 g/mol. The number of benzene rings is 1. The quantitative estimate of drug-likeness (QED) is 0.781. The van der Waals surface area contributed by atoms with Crippen LogP contribution in [0.1, 0.15) is 50.3 Å². The molecule has 0 aliphatic heterocycles. The van der Waals surface area contributed by atoms with Gasteiger partial charge in [-0.3, -0.25) is 0 Å². The molecule has 1 N–H and O–H groups in total. The predicted octanol–water partition coefficient (Wildman–Crippen LogP) is 3.50. The van der Waals surface area contributed by atoms with Crippen LogP contribution in [0, 0.1) is 0 Å². The van der Waals surface area contributed by atoms with Gasteiger partial charge in [-0.2, -0.15) is 0 Å². The molecule has 0 fully saturated rings. The van der Waals surface area contributed by atoms with Crippen LogP contribution in [0.5, 0.6) is 0 Å². The first-order chi connectivity index (χ1) is 8.19. The molecule has 0 bridgehead atoms. The zero-order valence-electron chi connectivity index (χ0n) is 11.5. The summed E-state index contributed by atoms with van der Waals surface area (Å²) in [6.07, 6.45) is 1.14. The maximum Gasteiger partial charge on any atom is 0.0657 e. The number of ether oxygens (including phenoxy) is 1. The van der Waals surface area contributed by atoms with Crippen molar-refractivity contribution >= 4 is 0 Å². The summed E-state index contributed by atoms with van der Waals surface area (Å²) in [7, 11) is 1.75. The molecule has 0 radical (unpaired) electrons. The van der Waals surface area contributed by atoms with Crippen LogP contribution < -0.4 is 5.32 Å². The van der Waals surface area contributed by atoms with E-state index < -0.39 is 0 Å². The van der Waals surface area contributed by atoms with E-state index in [1.54, 1.807) is 7.11 Å². The lowest BCUT2D eigenvalue weighted by atomic mass is 9.99.